The van der Waals surface area contributed by atoms with Gasteiger partial charge in [-0.05, 0) is 35.7 Å². The van der Waals surface area contributed by atoms with E-state index in [9.17, 15) is 0 Å². The lowest BCUT2D eigenvalue weighted by Gasteiger charge is -2.11. The van der Waals surface area contributed by atoms with Crippen LogP contribution in [0.15, 0.2) is 35.0 Å². The topological polar surface area (TPSA) is 44.2 Å². The summed E-state index contributed by atoms with van der Waals surface area (Å²) in [4.78, 5) is 15.2. The minimum Gasteiger partial charge on any atom is -0.375 e. The van der Waals surface area contributed by atoms with Gasteiger partial charge in [0.1, 0.15) is 11.0 Å². The van der Waals surface area contributed by atoms with Gasteiger partial charge in [0.15, 0.2) is 0 Å². The van der Waals surface area contributed by atoms with Gasteiger partial charge in [0.05, 0.1) is 34.4 Å². The number of ether oxygens (including phenoxy) is 2. The first-order valence-corrected chi connectivity index (χ1v) is 15.4. The lowest BCUT2D eigenvalue weighted by atomic mass is 10.2. The quantitative estimate of drug-likeness (QED) is 0.136. The van der Waals surface area contributed by atoms with Crippen molar-refractivity contribution in [3.63, 3.8) is 0 Å². The Morgan fingerprint density at radius 3 is 1.54 bits per heavy atom. The number of hydrogen-bond acceptors (Lipinski definition) is 7. The van der Waals surface area contributed by atoms with Gasteiger partial charge in [-0.2, -0.15) is 0 Å². The van der Waals surface area contributed by atoms with Gasteiger partial charge in [0.25, 0.3) is 0 Å². The van der Waals surface area contributed by atoms with Crippen LogP contribution in [0, 0.1) is 0 Å². The Morgan fingerprint density at radius 1 is 0.657 bits per heavy atom. The van der Waals surface area contributed by atoms with E-state index in [-0.39, 0.29) is 0 Å². The van der Waals surface area contributed by atoms with Crippen molar-refractivity contribution in [1.82, 2.24) is 9.97 Å². The summed E-state index contributed by atoms with van der Waals surface area (Å²) in [5.41, 5.74) is 3.79. The smallest absolute Gasteiger partial charge is 0.109 e. The minimum absolute atomic E-state index is 0.484. The van der Waals surface area contributed by atoms with E-state index in [0.717, 1.165) is 48.5 Å². The van der Waals surface area contributed by atoms with Crippen molar-refractivity contribution in [2.45, 2.75) is 78.4 Å². The molecule has 0 atom stereocenters. The van der Waals surface area contributed by atoms with E-state index in [1.807, 2.05) is 0 Å². The van der Waals surface area contributed by atoms with Crippen molar-refractivity contribution >= 4 is 45.0 Å². The second-order valence-electron chi connectivity index (χ2n) is 8.76. The third-order valence-corrected chi connectivity index (χ3v) is 9.21. The molecule has 0 radical (unpaired) electrons. The van der Waals surface area contributed by atoms with Crippen molar-refractivity contribution in [1.29, 1.82) is 0 Å². The van der Waals surface area contributed by atoms with Crippen molar-refractivity contribution in [3.8, 4) is 19.5 Å². The molecule has 0 N–H and O–H groups in total. The third kappa shape index (κ3) is 7.20. The predicted molar refractivity (Wildman–Crippen MR) is 152 cm³/mol. The highest BCUT2D eigenvalue weighted by atomic mass is 32.1. The van der Waals surface area contributed by atoms with Crippen LogP contribution in [0.1, 0.15) is 76.6 Å². The maximum atomic E-state index is 6.07. The van der Waals surface area contributed by atoms with E-state index in [0.29, 0.717) is 13.2 Å². The molecule has 0 aromatic carbocycles. The van der Waals surface area contributed by atoms with Gasteiger partial charge in [0, 0.05) is 23.0 Å². The number of unbranched alkanes of at least 4 members (excludes halogenated alkanes) is 6. The largest absolute Gasteiger partial charge is 0.375 e. The van der Waals surface area contributed by atoms with Crippen LogP contribution in [-0.2, 0) is 22.7 Å². The average Bonchev–Trinajstić information content (AvgIpc) is 3.64. The van der Waals surface area contributed by atoms with Crippen LogP contribution in [0.3, 0.4) is 0 Å². The van der Waals surface area contributed by atoms with Crippen LogP contribution in [-0.4, -0.2) is 23.2 Å². The Balaban J connectivity index is 1.62. The molecular formula is C28H36N2O2S3. The monoisotopic (exact) mass is 528 g/mol. The predicted octanol–water partition coefficient (Wildman–Crippen LogP) is 9.34. The van der Waals surface area contributed by atoms with Gasteiger partial charge in [0.2, 0.25) is 0 Å². The van der Waals surface area contributed by atoms with Gasteiger partial charge < -0.3 is 9.47 Å². The van der Waals surface area contributed by atoms with E-state index in [4.69, 9.17) is 19.4 Å². The molecule has 188 valence electrons. The minimum atomic E-state index is 0.484. The number of hydrogen-bond donors (Lipinski definition) is 0. The molecule has 4 rings (SSSR count). The molecule has 0 aliphatic heterocycles. The van der Waals surface area contributed by atoms with Crippen LogP contribution in [0.5, 0.6) is 0 Å². The first kappa shape index (κ1) is 26.4. The molecule has 4 aromatic heterocycles. The standard InChI is InChI=1S/C28H36N2O2S3/c1-3-5-7-9-15-31-19-21-22(20-32-16-10-8-6-4-2)30-26-25(29-21)27(23-13-11-17-33-23)35-28(26)24-14-12-18-34-24/h11-14,17-18H,3-10,15-16,19-20H2,1-2H3. The number of nitrogens with zero attached hydrogens (tertiary/aromatic N) is 2. The molecule has 0 bridgehead atoms. The van der Waals surface area contributed by atoms with Gasteiger partial charge in [-0.25, -0.2) is 9.97 Å². The summed E-state index contributed by atoms with van der Waals surface area (Å²) in [6.45, 7) is 6.96. The maximum absolute atomic E-state index is 6.07. The molecule has 0 spiro atoms. The van der Waals surface area contributed by atoms with Gasteiger partial charge >= 0.3 is 0 Å². The van der Waals surface area contributed by atoms with Crippen LogP contribution >= 0.6 is 34.0 Å². The van der Waals surface area contributed by atoms with Crippen molar-refractivity contribution in [2.75, 3.05) is 13.2 Å². The molecule has 0 amide bonds. The summed E-state index contributed by atoms with van der Waals surface area (Å²) in [5, 5.41) is 4.25. The lowest BCUT2D eigenvalue weighted by molar-refractivity contribution is 0.0993. The molecule has 0 saturated heterocycles. The molecule has 4 nitrogen and oxygen atoms in total. The summed E-state index contributed by atoms with van der Waals surface area (Å²) in [7, 11) is 0. The molecular weight excluding hydrogens is 493 g/mol. The Kier molecular flexibility index (Phi) is 10.7. The summed E-state index contributed by atoms with van der Waals surface area (Å²) in [6, 6.07) is 8.55. The highest BCUT2D eigenvalue weighted by Gasteiger charge is 2.21. The molecule has 0 aliphatic carbocycles. The first-order valence-electron chi connectivity index (χ1n) is 12.9. The van der Waals surface area contributed by atoms with E-state index in [2.05, 4.69) is 48.9 Å². The van der Waals surface area contributed by atoms with E-state index < -0.39 is 0 Å². The number of thiophene rings is 3. The molecule has 4 heterocycles. The van der Waals surface area contributed by atoms with E-state index in [1.165, 1.54) is 58.0 Å². The van der Waals surface area contributed by atoms with Gasteiger partial charge in [-0.3, -0.25) is 0 Å². The maximum Gasteiger partial charge on any atom is 0.109 e. The van der Waals surface area contributed by atoms with Gasteiger partial charge in [-0.15, -0.1) is 34.0 Å². The van der Waals surface area contributed by atoms with E-state index in [1.54, 1.807) is 34.0 Å². The Morgan fingerprint density at radius 2 is 1.14 bits per heavy atom. The van der Waals surface area contributed by atoms with Crippen molar-refractivity contribution in [2.24, 2.45) is 0 Å². The Bertz CT molecular complexity index is 1050. The van der Waals surface area contributed by atoms with Gasteiger partial charge in [-0.1, -0.05) is 64.5 Å². The molecule has 35 heavy (non-hydrogen) atoms. The average molecular weight is 529 g/mol. The SMILES string of the molecule is CCCCCCOCc1nc2c(-c3cccs3)sc(-c3cccs3)c2nc1COCCCCCC. The Labute approximate surface area is 221 Å². The molecule has 0 aliphatic rings. The first-order chi connectivity index (χ1) is 17.3. The van der Waals surface area contributed by atoms with Crippen molar-refractivity contribution in [3.05, 3.63) is 46.4 Å². The molecule has 4 aromatic rings. The highest BCUT2D eigenvalue weighted by Crippen LogP contribution is 2.45. The Hall–Kier alpha value is -1.64. The number of fused-ring (bicyclic) bond motifs is 1. The zero-order valence-electron chi connectivity index (χ0n) is 20.9. The van der Waals surface area contributed by atoms with Crippen LogP contribution in [0.2, 0.25) is 0 Å². The molecule has 7 heteroatoms. The van der Waals surface area contributed by atoms with Crippen molar-refractivity contribution < 1.29 is 9.47 Å². The summed E-state index contributed by atoms with van der Waals surface area (Å²) >= 11 is 5.30. The zero-order chi connectivity index (χ0) is 24.3. The second-order valence-corrected chi connectivity index (χ2v) is 11.7. The lowest BCUT2D eigenvalue weighted by Crippen LogP contribution is -2.08. The fourth-order valence-corrected chi connectivity index (χ4v) is 6.89. The number of aromatic nitrogens is 2. The second kappa shape index (κ2) is 14.2. The summed E-state index contributed by atoms with van der Waals surface area (Å²) in [5.74, 6) is 0. The zero-order valence-corrected chi connectivity index (χ0v) is 23.3. The number of rotatable bonds is 16. The summed E-state index contributed by atoms with van der Waals surface area (Å²) < 4.78 is 12.1. The third-order valence-electron chi connectivity index (χ3n) is 5.94. The summed E-state index contributed by atoms with van der Waals surface area (Å²) in [6.07, 6.45) is 9.60. The molecule has 0 saturated carbocycles. The van der Waals surface area contributed by atoms with Crippen LogP contribution in [0.25, 0.3) is 30.5 Å². The van der Waals surface area contributed by atoms with Crippen LogP contribution in [0.4, 0.5) is 0 Å². The fraction of sp³-hybridized carbons (Fsp3) is 0.500. The van der Waals surface area contributed by atoms with Crippen LogP contribution < -0.4 is 0 Å². The molecule has 0 unspecified atom stereocenters. The van der Waals surface area contributed by atoms with E-state index >= 15 is 0 Å². The highest BCUT2D eigenvalue weighted by molar-refractivity contribution is 7.27. The fourth-order valence-electron chi connectivity index (χ4n) is 4.00. The molecule has 0 fully saturated rings. The normalized spacial score (nSPS) is 11.6.